The summed E-state index contributed by atoms with van der Waals surface area (Å²) in [5.74, 6) is 0. The maximum atomic E-state index is 4.28. The lowest BCUT2D eigenvalue weighted by atomic mass is 10.2. The van der Waals surface area contributed by atoms with E-state index in [-0.39, 0.29) is 0 Å². The lowest BCUT2D eigenvalue weighted by Crippen LogP contribution is -2.17. The fourth-order valence-corrected chi connectivity index (χ4v) is 2.70. The summed E-state index contributed by atoms with van der Waals surface area (Å²) in [5, 5.41) is 4.55. The maximum Gasteiger partial charge on any atom is 0.0897 e. The molecule has 0 spiro atoms. The largest absolute Gasteiger partial charge is 0.349 e. The maximum absolute atomic E-state index is 4.28. The van der Waals surface area contributed by atoms with Crippen LogP contribution in [0.5, 0.6) is 0 Å². The Morgan fingerprint density at radius 1 is 1.53 bits per heavy atom. The number of hydrogen-bond acceptors (Lipinski definition) is 3. The first-order valence-electron chi connectivity index (χ1n) is 5.99. The van der Waals surface area contributed by atoms with Gasteiger partial charge in [0, 0.05) is 29.5 Å². The second-order valence-electron chi connectivity index (χ2n) is 4.24. The Labute approximate surface area is 107 Å². The van der Waals surface area contributed by atoms with Gasteiger partial charge in [0.2, 0.25) is 0 Å². The summed E-state index contributed by atoms with van der Waals surface area (Å²) in [4.78, 5) is 5.58. The van der Waals surface area contributed by atoms with Crippen LogP contribution in [0.2, 0.25) is 0 Å². The van der Waals surface area contributed by atoms with Crippen LogP contribution in [0.3, 0.4) is 0 Å². The average molecular weight is 249 g/mol. The molecule has 0 saturated heterocycles. The predicted molar refractivity (Wildman–Crippen MR) is 72.5 cm³/mol. The number of nitrogens with one attached hydrogen (secondary N) is 1. The molecule has 1 N–H and O–H groups in total. The fraction of sp³-hybridized carbons (Fsp3) is 0.462. The highest BCUT2D eigenvalue weighted by Crippen LogP contribution is 2.16. The number of aryl methyl sites for hydroxylation is 1. The molecule has 92 valence electrons. The minimum absolute atomic E-state index is 0.421. The predicted octanol–water partition coefficient (Wildman–Crippen LogP) is 2.97. The van der Waals surface area contributed by atoms with Crippen molar-refractivity contribution in [1.82, 2.24) is 14.9 Å². The third-order valence-corrected chi connectivity index (χ3v) is 3.69. The first-order valence-corrected chi connectivity index (χ1v) is 6.81. The van der Waals surface area contributed by atoms with E-state index < -0.39 is 0 Å². The Morgan fingerprint density at radius 2 is 2.35 bits per heavy atom. The highest BCUT2D eigenvalue weighted by molar-refractivity contribution is 7.11. The highest BCUT2D eigenvalue weighted by Gasteiger charge is 2.06. The quantitative estimate of drug-likeness (QED) is 0.883. The number of hydrogen-bond donors (Lipinski definition) is 1. The summed E-state index contributed by atoms with van der Waals surface area (Å²) in [7, 11) is 0. The van der Waals surface area contributed by atoms with Crippen LogP contribution in [0, 0.1) is 6.92 Å². The summed E-state index contributed by atoms with van der Waals surface area (Å²) in [6.07, 6.45) is 6.31. The smallest absolute Gasteiger partial charge is 0.0897 e. The molecule has 0 aromatic carbocycles. The molecule has 17 heavy (non-hydrogen) atoms. The van der Waals surface area contributed by atoms with Crippen molar-refractivity contribution in [3.8, 4) is 0 Å². The van der Waals surface area contributed by atoms with Crippen molar-refractivity contribution >= 4 is 11.3 Å². The summed E-state index contributed by atoms with van der Waals surface area (Å²) >= 11 is 1.76. The third kappa shape index (κ3) is 3.17. The Kier molecular flexibility index (Phi) is 3.97. The van der Waals surface area contributed by atoms with Gasteiger partial charge in [-0.2, -0.15) is 0 Å². The van der Waals surface area contributed by atoms with E-state index in [4.69, 9.17) is 0 Å². The van der Waals surface area contributed by atoms with E-state index in [2.05, 4.69) is 47.2 Å². The highest BCUT2D eigenvalue weighted by atomic mass is 32.1. The molecule has 0 saturated carbocycles. The Morgan fingerprint density at radius 3 is 3.00 bits per heavy atom. The topological polar surface area (TPSA) is 29.9 Å². The molecule has 0 aliphatic carbocycles. The van der Waals surface area contributed by atoms with E-state index >= 15 is 0 Å². The summed E-state index contributed by atoms with van der Waals surface area (Å²) in [6.45, 7) is 8.29. The zero-order valence-electron chi connectivity index (χ0n) is 10.6. The van der Waals surface area contributed by atoms with Crippen LogP contribution in [0.1, 0.15) is 35.3 Å². The van der Waals surface area contributed by atoms with Crippen molar-refractivity contribution in [1.29, 1.82) is 0 Å². The molecule has 0 amide bonds. The molecule has 0 radical (unpaired) electrons. The van der Waals surface area contributed by atoms with E-state index in [0.717, 1.165) is 18.1 Å². The first-order chi connectivity index (χ1) is 8.19. The molecule has 0 aliphatic heterocycles. The molecule has 2 rings (SSSR count). The zero-order valence-corrected chi connectivity index (χ0v) is 11.4. The normalized spacial score (nSPS) is 12.9. The minimum Gasteiger partial charge on any atom is -0.349 e. The van der Waals surface area contributed by atoms with Crippen LogP contribution in [0.25, 0.3) is 0 Å². The second-order valence-corrected chi connectivity index (χ2v) is 5.56. The van der Waals surface area contributed by atoms with Crippen molar-refractivity contribution in [3.63, 3.8) is 0 Å². The van der Waals surface area contributed by atoms with Crippen LogP contribution in [-0.4, -0.2) is 16.1 Å². The zero-order chi connectivity index (χ0) is 12.3. The van der Waals surface area contributed by atoms with Crippen molar-refractivity contribution in [3.05, 3.63) is 40.1 Å². The molecule has 0 fully saturated rings. The molecule has 1 unspecified atom stereocenters. The summed E-state index contributed by atoms with van der Waals surface area (Å²) in [5.41, 5.74) is 1.34. The lowest BCUT2D eigenvalue weighted by Gasteiger charge is -2.09. The van der Waals surface area contributed by atoms with Crippen LogP contribution in [0.4, 0.5) is 0 Å². The van der Waals surface area contributed by atoms with Gasteiger partial charge >= 0.3 is 0 Å². The molecule has 3 nitrogen and oxygen atoms in total. The van der Waals surface area contributed by atoms with Crippen molar-refractivity contribution < 1.29 is 0 Å². The molecule has 4 heteroatoms. The fourth-order valence-electron chi connectivity index (χ4n) is 1.90. The number of rotatable bonds is 5. The van der Waals surface area contributed by atoms with Crippen molar-refractivity contribution in [2.75, 3.05) is 6.54 Å². The number of aromatic nitrogens is 2. The molecule has 2 heterocycles. The van der Waals surface area contributed by atoms with Gasteiger partial charge in [0.25, 0.3) is 0 Å². The monoisotopic (exact) mass is 249 g/mol. The molecule has 2 aromatic heterocycles. The van der Waals surface area contributed by atoms with Crippen molar-refractivity contribution in [2.45, 2.75) is 33.4 Å². The van der Waals surface area contributed by atoms with E-state index in [1.165, 1.54) is 10.4 Å². The van der Waals surface area contributed by atoms with Gasteiger partial charge in [-0.1, -0.05) is 6.92 Å². The van der Waals surface area contributed by atoms with Gasteiger partial charge in [-0.05, 0) is 32.0 Å². The van der Waals surface area contributed by atoms with Gasteiger partial charge < -0.3 is 9.88 Å². The molecule has 0 bridgehead atoms. The Bertz CT molecular complexity index is 472. The molecular formula is C13H19N3S. The molecule has 2 aromatic rings. The molecule has 0 aliphatic rings. The summed E-state index contributed by atoms with van der Waals surface area (Å²) in [6, 6.07) is 2.60. The van der Waals surface area contributed by atoms with E-state index in [0.29, 0.717) is 6.04 Å². The van der Waals surface area contributed by atoms with E-state index in [1.54, 1.807) is 11.3 Å². The van der Waals surface area contributed by atoms with Gasteiger partial charge in [-0.25, -0.2) is 4.98 Å². The average Bonchev–Trinajstić information content (AvgIpc) is 2.89. The van der Waals surface area contributed by atoms with Crippen LogP contribution in [0.15, 0.2) is 24.7 Å². The Balaban J connectivity index is 2.03. The third-order valence-electron chi connectivity index (χ3n) is 2.79. The van der Waals surface area contributed by atoms with Gasteiger partial charge in [0.1, 0.15) is 0 Å². The SMILES string of the molecule is CCNC(C)c1ccn(Cc2cnc(C)s2)c1. The molecule has 1 atom stereocenters. The van der Waals surface area contributed by atoms with E-state index in [1.807, 2.05) is 13.1 Å². The minimum atomic E-state index is 0.421. The van der Waals surface area contributed by atoms with E-state index in [9.17, 15) is 0 Å². The number of thiazole rings is 1. The summed E-state index contributed by atoms with van der Waals surface area (Å²) < 4.78 is 2.22. The number of nitrogens with zero attached hydrogens (tertiary/aromatic N) is 2. The Hall–Kier alpha value is -1.13. The molecular weight excluding hydrogens is 230 g/mol. The lowest BCUT2D eigenvalue weighted by molar-refractivity contribution is 0.596. The van der Waals surface area contributed by atoms with Crippen LogP contribution >= 0.6 is 11.3 Å². The van der Waals surface area contributed by atoms with Crippen LogP contribution in [-0.2, 0) is 6.54 Å². The van der Waals surface area contributed by atoms with Gasteiger partial charge in [-0.3, -0.25) is 0 Å². The van der Waals surface area contributed by atoms with Gasteiger partial charge in [0.15, 0.2) is 0 Å². The van der Waals surface area contributed by atoms with Gasteiger partial charge in [-0.15, -0.1) is 11.3 Å². The van der Waals surface area contributed by atoms with Gasteiger partial charge in [0.05, 0.1) is 11.6 Å². The van der Waals surface area contributed by atoms with Crippen molar-refractivity contribution in [2.24, 2.45) is 0 Å². The van der Waals surface area contributed by atoms with Crippen LogP contribution < -0.4 is 5.32 Å². The second kappa shape index (κ2) is 5.47. The standard InChI is InChI=1S/C13H19N3S/c1-4-14-10(2)12-5-6-16(8-12)9-13-7-15-11(3)17-13/h5-8,10,14H,4,9H2,1-3H3. The first kappa shape index (κ1) is 12.3.